The van der Waals surface area contributed by atoms with Crippen molar-refractivity contribution in [3.8, 4) is 5.75 Å². The monoisotopic (exact) mass is 312 g/mol. The number of benzene rings is 1. The molecule has 2 N–H and O–H groups in total. The molecule has 0 spiro atoms. The average molecular weight is 312 g/mol. The number of ether oxygens (including phenoxy) is 1. The van der Waals surface area contributed by atoms with E-state index >= 15 is 0 Å². The minimum atomic E-state index is -0.927. The molecule has 0 fully saturated rings. The van der Waals surface area contributed by atoms with Gasteiger partial charge < -0.3 is 14.3 Å². The van der Waals surface area contributed by atoms with Crippen molar-refractivity contribution in [2.45, 2.75) is 12.5 Å². The number of H-pyrrole nitrogens is 1. The minimum absolute atomic E-state index is 0.214. The fourth-order valence-electron chi connectivity index (χ4n) is 2.12. The maximum absolute atomic E-state index is 9.84. The average Bonchev–Trinajstić information content (AvgIpc) is 3.25. The van der Waals surface area contributed by atoms with Crippen LogP contribution in [0.25, 0.3) is 6.08 Å². The third kappa shape index (κ3) is 3.83. The van der Waals surface area contributed by atoms with Crippen LogP contribution in [0.1, 0.15) is 28.8 Å². The van der Waals surface area contributed by atoms with E-state index in [1.54, 1.807) is 25.5 Å². The molecule has 0 aliphatic carbocycles. The van der Waals surface area contributed by atoms with Crippen molar-refractivity contribution in [3.05, 3.63) is 65.4 Å². The molecule has 23 heavy (non-hydrogen) atoms. The summed E-state index contributed by atoms with van der Waals surface area (Å²) < 4.78 is 10.6. The van der Waals surface area contributed by atoms with Gasteiger partial charge in [0, 0.05) is 6.42 Å². The van der Waals surface area contributed by atoms with Gasteiger partial charge in [-0.25, -0.2) is 0 Å². The molecule has 3 rings (SSSR count). The number of hydrogen-bond donors (Lipinski definition) is 2. The molecule has 1 aromatic carbocycles. The Morgan fingerprint density at radius 2 is 2.13 bits per heavy atom. The van der Waals surface area contributed by atoms with Gasteiger partial charge in [0.05, 0.1) is 13.4 Å². The number of nitrogens with zero attached hydrogens (tertiary/aromatic N) is 3. The van der Waals surface area contributed by atoms with Crippen LogP contribution in [0.15, 0.2) is 47.1 Å². The lowest BCUT2D eigenvalue weighted by atomic mass is 10.1. The number of aliphatic hydroxyl groups excluding tert-OH is 1. The van der Waals surface area contributed by atoms with E-state index in [1.165, 1.54) is 0 Å². The van der Waals surface area contributed by atoms with Crippen LogP contribution in [0.3, 0.4) is 0 Å². The van der Waals surface area contributed by atoms with Crippen molar-refractivity contribution in [2.75, 3.05) is 7.11 Å². The van der Waals surface area contributed by atoms with E-state index in [2.05, 4.69) is 20.6 Å². The van der Waals surface area contributed by atoms with Gasteiger partial charge in [0.15, 0.2) is 0 Å². The Balaban J connectivity index is 1.63. The molecular formula is C16H16N4O3. The highest BCUT2D eigenvalue weighted by Crippen LogP contribution is 2.18. The van der Waals surface area contributed by atoms with Crippen molar-refractivity contribution in [1.82, 2.24) is 20.6 Å². The van der Waals surface area contributed by atoms with Crippen LogP contribution in [-0.4, -0.2) is 32.8 Å². The molecule has 118 valence electrons. The van der Waals surface area contributed by atoms with Crippen LogP contribution in [-0.2, 0) is 6.42 Å². The number of aromatic amines is 1. The zero-order valence-electron chi connectivity index (χ0n) is 12.5. The number of aliphatic hydroxyl groups is 1. The van der Waals surface area contributed by atoms with Crippen molar-refractivity contribution < 1.29 is 14.3 Å². The molecule has 7 nitrogen and oxygen atoms in total. The second-order valence-corrected chi connectivity index (χ2v) is 4.96. The number of aromatic nitrogens is 4. The highest BCUT2D eigenvalue weighted by molar-refractivity contribution is 5.45. The van der Waals surface area contributed by atoms with Gasteiger partial charge in [-0.1, -0.05) is 17.3 Å². The Bertz CT molecular complexity index is 763. The molecule has 0 saturated carbocycles. The second kappa shape index (κ2) is 6.89. The largest absolute Gasteiger partial charge is 0.497 e. The van der Waals surface area contributed by atoms with Gasteiger partial charge in [-0.05, 0) is 41.5 Å². The maximum Gasteiger partial charge on any atom is 0.206 e. The molecule has 1 atom stereocenters. The summed E-state index contributed by atoms with van der Waals surface area (Å²) in [6.45, 7) is 0. The van der Waals surface area contributed by atoms with Crippen LogP contribution in [0.5, 0.6) is 5.75 Å². The highest BCUT2D eigenvalue weighted by Gasteiger charge is 2.08. The van der Waals surface area contributed by atoms with Crippen molar-refractivity contribution >= 4 is 6.08 Å². The van der Waals surface area contributed by atoms with Crippen molar-refractivity contribution in [3.63, 3.8) is 0 Å². The Morgan fingerprint density at radius 1 is 1.30 bits per heavy atom. The predicted molar refractivity (Wildman–Crippen MR) is 82.7 cm³/mol. The van der Waals surface area contributed by atoms with Gasteiger partial charge >= 0.3 is 0 Å². The van der Waals surface area contributed by atoms with Gasteiger partial charge in [-0.15, -0.1) is 10.2 Å². The SMILES string of the molecule is COc1ccc(Cc2coc(C=CC(O)c3nn[nH]n3)c2)cc1. The van der Waals surface area contributed by atoms with Gasteiger partial charge in [0.1, 0.15) is 17.6 Å². The van der Waals surface area contributed by atoms with E-state index in [0.717, 1.165) is 23.3 Å². The molecule has 0 radical (unpaired) electrons. The summed E-state index contributed by atoms with van der Waals surface area (Å²) in [5.41, 5.74) is 2.21. The summed E-state index contributed by atoms with van der Waals surface area (Å²) in [6, 6.07) is 9.81. The van der Waals surface area contributed by atoms with Crippen LogP contribution >= 0.6 is 0 Å². The van der Waals surface area contributed by atoms with Crippen LogP contribution in [0, 0.1) is 0 Å². The Hall–Kier alpha value is -2.93. The van der Waals surface area contributed by atoms with Gasteiger partial charge in [-0.3, -0.25) is 0 Å². The summed E-state index contributed by atoms with van der Waals surface area (Å²) in [4.78, 5) is 0. The fourth-order valence-corrected chi connectivity index (χ4v) is 2.12. The first-order valence-corrected chi connectivity index (χ1v) is 7.04. The van der Waals surface area contributed by atoms with E-state index in [9.17, 15) is 5.11 Å². The molecule has 7 heteroatoms. The normalized spacial score (nSPS) is 12.6. The molecule has 2 aromatic heterocycles. The molecule has 3 aromatic rings. The third-order valence-electron chi connectivity index (χ3n) is 3.31. The second-order valence-electron chi connectivity index (χ2n) is 4.96. The lowest BCUT2D eigenvalue weighted by Gasteiger charge is -2.01. The minimum Gasteiger partial charge on any atom is -0.497 e. The lowest BCUT2D eigenvalue weighted by molar-refractivity contribution is 0.219. The number of methoxy groups -OCH3 is 1. The quantitative estimate of drug-likeness (QED) is 0.724. The number of furan rings is 1. The first kappa shape index (κ1) is 15.0. The molecule has 0 amide bonds. The third-order valence-corrected chi connectivity index (χ3v) is 3.31. The maximum atomic E-state index is 9.84. The predicted octanol–water partition coefficient (Wildman–Crippen LogP) is 2.14. The fraction of sp³-hybridized carbons (Fsp3) is 0.188. The number of nitrogens with one attached hydrogen (secondary N) is 1. The van der Waals surface area contributed by atoms with Crippen LogP contribution in [0.2, 0.25) is 0 Å². The highest BCUT2D eigenvalue weighted by atomic mass is 16.5. The zero-order chi connectivity index (χ0) is 16.1. The van der Waals surface area contributed by atoms with E-state index in [1.807, 2.05) is 30.3 Å². The van der Waals surface area contributed by atoms with Crippen LogP contribution in [0.4, 0.5) is 0 Å². The van der Waals surface area contributed by atoms with E-state index in [0.29, 0.717) is 5.76 Å². The van der Waals surface area contributed by atoms with E-state index in [4.69, 9.17) is 9.15 Å². The van der Waals surface area contributed by atoms with Gasteiger partial charge in [0.2, 0.25) is 5.82 Å². The van der Waals surface area contributed by atoms with E-state index < -0.39 is 6.10 Å². The number of hydrogen-bond acceptors (Lipinski definition) is 6. The Morgan fingerprint density at radius 3 is 2.83 bits per heavy atom. The first-order chi connectivity index (χ1) is 11.2. The van der Waals surface area contributed by atoms with Gasteiger partial charge in [-0.2, -0.15) is 5.21 Å². The smallest absolute Gasteiger partial charge is 0.206 e. The summed E-state index contributed by atoms with van der Waals surface area (Å²) in [7, 11) is 1.65. The summed E-state index contributed by atoms with van der Waals surface area (Å²) >= 11 is 0. The molecular weight excluding hydrogens is 296 g/mol. The summed E-state index contributed by atoms with van der Waals surface area (Å²) in [5.74, 6) is 1.70. The Kier molecular flexibility index (Phi) is 4.49. The van der Waals surface area contributed by atoms with Crippen molar-refractivity contribution in [1.29, 1.82) is 0 Å². The Labute approximate surface area is 132 Å². The molecule has 0 saturated heterocycles. The van der Waals surface area contributed by atoms with Gasteiger partial charge in [0.25, 0.3) is 0 Å². The summed E-state index contributed by atoms with van der Waals surface area (Å²) in [6.07, 6.45) is 4.75. The zero-order valence-corrected chi connectivity index (χ0v) is 12.5. The molecule has 0 aliphatic rings. The summed E-state index contributed by atoms with van der Waals surface area (Å²) in [5, 5.41) is 23.0. The number of tetrazole rings is 1. The van der Waals surface area contributed by atoms with E-state index in [-0.39, 0.29) is 5.82 Å². The molecule has 2 heterocycles. The molecule has 1 unspecified atom stereocenters. The van der Waals surface area contributed by atoms with Crippen molar-refractivity contribution in [2.24, 2.45) is 0 Å². The molecule has 0 bridgehead atoms. The first-order valence-electron chi connectivity index (χ1n) is 7.04. The van der Waals surface area contributed by atoms with Crippen LogP contribution < -0.4 is 4.74 Å². The standard InChI is InChI=1S/C16H16N4O3/c1-22-13-4-2-11(3-5-13)8-12-9-14(23-10-12)6-7-15(21)16-17-19-20-18-16/h2-7,9-10,15,21H,8H2,1H3,(H,17,18,19,20). The lowest BCUT2D eigenvalue weighted by Crippen LogP contribution is -1.95. The molecule has 0 aliphatic heterocycles. The topological polar surface area (TPSA) is 97.1 Å². The number of rotatable bonds is 6.